The van der Waals surface area contributed by atoms with E-state index in [1.54, 1.807) is 4.68 Å². The van der Waals surface area contributed by atoms with Crippen LogP contribution in [0.3, 0.4) is 0 Å². The quantitative estimate of drug-likeness (QED) is 0.413. The molecule has 0 spiro atoms. The van der Waals surface area contributed by atoms with Crippen LogP contribution in [0.2, 0.25) is 5.15 Å². The number of halogens is 1. The van der Waals surface area contributed by atoms with Crippen molar-refractivity contribution in [3.63, 3.8) is 0 Å². The van der Waals surface area contributed by atoms with Crippen LogP contribution in [0, 0.1) is 20.8 Å². The van der Waals surface area contributed by atoms with Crippen molar-refractivity contribution in [1.82, 2.24) is 34.8 Å². The van der Waals surface area contributed by atoms with Crippen LogP contribution in [0.25, 0.3) is 11.5 Å². The molecule has 0 aliphatic carbocycles. The number of rotatable bonds is 4. The van der Waals surface area contributed by atoms with Gasteiger partial charge in [-0.3, -0.25) is 4.79 Å². The minimum atomic E-state index is -0.548. The van der Waals surface area contributed by atoms with Gasteiger partial charge >= 0.3 is 5.91 Å². The summed E-state index contributed by atoms with van der Waals surface area (Å²) in [5, 5.41) is 13.0. The zero-order chi connectivity index (χ0) is 20.5. The van der Waals surface area contributed by atoms with Crippen LogP contribution < -0.4 is 5.43 Å². The fourth-order valence-corrected chi connectivity index (χ4v) is 3.19. The van der Waals surface area contributed by atoms with Crippen molar-refractivity contribution in [2.75, 3.05) is 0 Å². The lowest BCUT2D eigenvalue weighted by Gasteiger charge is -2.01. The number of benzene rings is 1. The summed E-state index contributed by atoms with van der Waals surface area (Å²) < 4.78 is 3.12. The van der Waals surface area contributed by atoms with Crippen LogP contribution in [0.5, 0.6) is 0 Å². The highest BCUT2D eigenvalue weighted by molar-refractivity contribution is 6.32. The molecule has 0 atom stereocenters. The van der Waals surface area contributed by atoms with Crippen LogP contribution in [-0.2, 0) is 0 Å². The highest BCUT2D eigenvalue weighted by Gasteiger charge is 2.16. The summed E-state index contributed by atoms with van der Waals surface area (Å²) in [5.74, 6) is -0.209. The minimum Gasteiger partial charge on any atom is -0.264 e. The Morgan fingerprint density at radius 1 is 1.14 bits per heavy atom. The smallest absolute Gasteiger partial charge is 0.264 e. The predicted molar refractivity (Wildman–Crippen MR) is 109 cm³/mol. The Labute approximate surface area is 171 Å². The predicted octanol–water partition coefficient (Wildman–Crippen LogP) is 2.65. The van der Waals surface area contributed by atoms with Gasteiger partial charge in [-0.05, 0) is 39.0 Å². The molecule has 0 aliphatic rings. The maximum absolute atomic E-state index is 12.4. The summed E-state index contributed by atoms with van der Waals surface area (Å²) in [7, 11) is 0. The summed E-state index contributed by atoms with van der Waals surface area (Å²) in [5.41, 5.74) is 6.16. The second kappa shape index (κ2) is 7.44. The molecule has 3 aromatic heterocycles. The molecular formula is C19H17ClN8O. The normalized spacial score (nSPS) is 11.4. The standard InChI is InChI=1S/C19H17ClN8O/c1-11-9-12(2)27-19(22-11)23-17(26-27)18(29)24-21-10-15-13(3)25-28(16(15)20)14-7-5-4-6-8-14/h4-10H,1-3H3,(H,24,29)/b21-10-. The zero-order valence-electron chi connectivity index (χ0n) is 16.0. The summed E-state index contributed by atoms with van der Waals surface area (Å²) >= 11 is 6.44. The highest BCUT2D eigenvalue weighted by atomic mass is 35.5. The van der Waals surface area contributed by atoms with Crippen LogP contribution in [0.1, 0.15) is 33.3 Å². The molecule has 0 aliphatic heterocycles. The Hall–Kier alpha value is -3.59. The van der Waals surface area contributed by atoms with E-state index >= 15 is 0 Å². The third-order valence-electron chi connectivity index (χ3n) is 4.23. The van der Waals surface area contributed by atoms with Crippen LogP contribution in [0.4, 0.5) is 0 Å². The minimum absolute atomic E-state index is 0.0221. The SMILES string of the molecule is Cc1cc(C)n2nc(C(=O)N/N=C\c3c(C)nn(-c4ccccc4)c3Cl)nc2n1. The molecule has 0 bridgehead atoms. The van der Waals surface area contributed by atoms with Crippen molar-refractivity contribution in [3.8, 4) is 5.69 Å². The van der Waals surface area contributed by atoms with Crippen molar-refractivity contribution < 1.29 is 4.79 Å². The van der Waals surface area contributed by atoms with Crippen molar-refractivity contribution in [2.24, 2.45) is 5.10 Å². The Morgan fingerprint density at radius 3 is 2.66 bits per heavy atom. The molecule has 4 rings (SSSR count). The maximum Gasteiger partial charge on any atom is 0.311 e. The van der Waals surface area contributed by atoms with Gasteiger partial charge in [-0.25, -0.2) is 19.6 Å². The first kappa shape index (κ1) is 18.8. The molecule has 10 heteroatoms. The lowest BCUT2D eigenvalue weighted by molar-refractivity contribution is 0.0945. The first-order valence-electron chi connectivity index (χ1n) is 8.79. The van der Waals surface area contributed by atoms with Gasteiger partial charge in [-0.15, -0.1) is 5.10 Å². The molecule has 0 radical (unpaired) electrons. The van der Waals surface area contributed by atoms with E-state index in [1.807, 2.05) is 57.2 Å². The van der Waals surface area contributed by atoms with E-state index < -0.39 is 5.91 Å². The molecular weight excluding hydrogens is 392 g/mol. The largest absolute Gasteiger partial charge is 0.311 e. The van der Waals surface area contributed by atoms with Gasteiger partial charge in [0.1, 0.15) is 5.15 Å². The van der Waals surface area contributed by atoms with E-state index in [4.69, 9.17) is 11.6 Å². The van der Waals surface area contributed by atoms with Crippen molar-refractivity contribution in [1.29, 1.82) is 0 Å². The summed E-state index contributed by atoms with van der Waals surface area (Å²) in [6, 6.07) is 11.4. The van der Waals surface area contributed by atoms with E-state index in [-0.39, 0.29) is 5.82 Å². The number of nitrogens with zero attached hydrogens (tertiary/aromatic N) is 7. The van der Waals surface area contributed by atoms with Gasteiger partial charge in [0.15, 0.2) is 0 Å². The van der Waals surface area contributed by atoms with Gasteiger partial charge in [-0.2, -0.15) is 15.2 Å². The third kappa shape index (κ3) is 3.59. The van der Waals surface area contributed by atoms with Gasteiger partial charge in [0, 0.05) is 11.4 Å². The van der Waals surface area contributed by atoms with Crippen molar-refractivity contribution >= 4 is 29.5 Å². The Balaban J connectivity index is 1.54. The second-order valence-corrected chi connectivity index (χ2v) is 6.78. The number of fused-ring (bicyclic) bond motifs is 1. The fraction of sp³-hybridized carbons (Fsp3) is 0.158. The number of carbonyl (C=O) groups excluding carboxylic acids is 1. The number of hydrazone groups is 1. The highest BCUT2D eigenvalue weighted by Crippen LogP contribution is 2.21. The third-order valence-corrected chi connectivity index (χ3v) is 4.59. The summed E-state index contributed by atoms with van der Waals surface area (Å²) in [6.07, 6.45) is 1.45. The van der Waals surface area contributed by atoms with Crippen LogP contribution in [0.15, 0.2) is 41.5 Å². The molecule has 0 saturated heterocycles. The van der Waals surface area contributed by atoms with E-state index in [0.717, 1.165) is 17.1 Å². The molecule has 0 unspecified atom stereocenters. The maximum atomic E-state index is 12.4. The van der Waals surface area contributed by atoms with Gasteiger partial charge in [0.05, 0.1) is 23.2 Å². The number of carbonyl (C=O) groups is 1. The molecule has 29 heavy (non-hydrogen) atoms. The molecule has 9 nitrogen and oxygen atoms in total. The molecule has 146 valence electrons. The monoisotopic (exact) mass is 408 g/mol. The molecule has 3 heterocycles. The molecule has 0 saturated carbocycles. The Kier molecular flexibility index (Phi) is 4.81. The van der Waals surface area contributed by atoms with E-state index in [0.29, 0.717) is 22.2 Å². The van der Waals surface area contributed by atoms with E-state index in [9.17, 15) is 4.79 Å². The Bertz CT molecular complexity index is 1240. The van der Waals surface area contributed by atoms with Gasteiger partial charge in [-0.1, -0.05) is 29.8 Å². The van der Waals surface area contributed by atoms with Gasteiger partial charge in [0.25, 0.3) is 5.78 Å². The van der Waals surface area contributed by atoms with Crippen molar-refractivity contribution in [3.05, 3.63) is 70.0 Å². The average molecular weight is 409 g/mol. The van der Waals surface area contributed by atoms with E-state index in [2.05, 4.69) is 30.7 Å². The number of hydrogen-bond acceptors (Lipinski definition) is 6. The molecule has 1 amide bonds. The average Bonchev–Trinajstić information content (AvgIpc) is 3.25. The lowest BCUT2D eigenvalue weighted by Crippen LogP contribution is -2.19. The fourth-order valence-electron chi connectivity index (χ4n) is 2.87. The summed E-state index contributed by atoms with van der Waals surface area (Å²) in [4.78, 5) is 20.8. The molecule has 4 aromatic rings. The number of hydrogen-bond donors (Lipinski definition) is 1. The number of amides is 1. The first-order valence-corrected chi connectivity index (χ1v) is 9.17. The molecule has 1 aromatic carbocycles. The Morgan fingerprint density at radius 2 is 1.90 bits per heavy atom. The molecule has 1 N–H and O–H groups in total. The molecule has 0 fully saturated rings. The van der Waals surface area contributed by atoms with Gasteiger partial charge in [0.2, 0.25) is 5.82 Å². The van der Waals surface area contributed by atoms with E-state index in [1.165, 1.54) is 10.7 Å². The lowest BCUT2D eigenvalue weighted by atomic mass is 10.3. The topological polar surface area (TPSA) is 102 Å². The second-order valence-electron chi connectivity index (χ2n) is 6.42. The zero-order valence-corrected chi connectivity index (χ0v) is 16.7. The number of aryl methyl sites for hydroxylation is 3. The number of nitrogens with one attached hydrogen (secondary N) is 1. The van der Waals surface area contributed by atoms with Crippen molar-refractivity contribution in [2.45, 2.75) is 20.8 Å². The number of aromatic nitrogens is 6. The van der Waals surface area contributed by atoms with Crippen LogP contribution >= 0.6 is 11.6 Å². The summed E-state index contributed by atoms with van der Waals surface area (Å²) in [6.45, 7) is 5.54. The number of para-hydroxylation sites is 1. The van der Waals surface area contributed by atoms with Gasteiger partial charge < -0.3 is 0 Å². The van der Waals surface area contributed by atoms with Crippen LogP contribution in [-0.4, -0.2) is 41.5 Å². The first-order chi connectivity index (χ1) is 13.9.